The first-order chi connectivity index (χ1) is 13.1. The molecule has 0 aliphatic rings. The summed E-state index contributed by atoms with van der Waals surface area (Å²) in [6, 6.07) is 15.9. The quantitative estimate of drug-likeness (QED) is 0.306. The molecule has 8 nitrogen and oxygen atoms in total. The van der Waals surface area contributed by atoms with Gasteiger partial charge in [-0.2, -0.15) is 10.2 Å². The molecule has 3 rings (SSSR count). The predicted molar refractivity (Wildman–Crippen MR) is 108 cm³/mol. The molecule has 9 heteroatoms. The molecule has 0 radical (unpaired) electrons. The molecule has 0 aliphatic carbocycles. The van der Waals surface area contributed by atoms with Crippen molar-refractivity contribution < 1.29 is 4.92 Å². The fraction of sp³-hybridized carbons (Fsp3) is 0.0556. The van der Waals surface area contributed by atoms with Gasteiger partial charge in [0, 0.05) is 36.5 Å². The van der Waals surface area contributed by atoms with Crippen molar-refractivity contribution in [2.24, 2.45) is 5.10 Å². The average Bonchev–Trinajstić information content (AvgIpc) is 3.12. The van der Waals surface area contributed by atoms with Crippen LogP contribution in [0.2, 0.25) is 0 Å². The Morgan fingerprint density at radius 3 is 2.56 bits per heavy atom. The molecule has 0 amide bonds. The maximum absolute atomic E-state index is 10.9. The summed E-state index contributed by atoms with van der Waals surface area (Å²) in [5.74, 6) is 0. The summed E-state index contributed by atoms with van der Waals surface area (Å²) in [6.45, 7) is 0. The normalized spacial score (nSPS) is 10.7. The number of hydrogen-bond donors (Lipinski definition) is 2. The molecule has 2 aromatic carbocycles. The molecule has 0 atom stereocenters. The fourth-order valence-electron chi connectivity index (χ4n) is 2.38. The van der Waals surface area contributed by atoms with Gasteiger partial charge in [-0.15, -0.1) is 0 Å². The van der Waals surface area contributed by atoms with Crippen LogP contribution in [0.3, 0.4) is 0 Å². The van der Waals surface area contributed by atoms with Crippen LogP contribution in [0.5, 0.6) is 0 Å². The van der Waals surface area contributed by atoms with Gasteiger partial charge < -0.3 is 5.32 Å². The van der Waals surface area contributed by atoms with Crippen molar-refractivity contribution in [3.63, 3.8) is 0 Å². The van der Waals surface area contributed by atoms with Gasteiger partial charge in [0.25, 0.3) is 5.69 Å². The third-order valence-corrected chi connectivity index (χ3v) is 4.01. The zero-order valence-corrected chi connectivity index (χ0v) is 15.2. The van der Waals surface area contributed by atoms with Crippen molar-refractivity contribution in [2.45, 2.75) is 0 Å². The van der Waals surface area contributed by atoms with Gasteiger partial charge in [0.05, 0.1) is 16.8 Å². The first kappa shape index (κ1) is 18.2. The minimum Gasteiger partial charge on any atom is -0.364 e. The summed E-state index contributed by atoms with van der Waals surface area (Å²) in [4.78, 5) is 10.4. The Morgan fingerprint density at radius 2 is 1.93 bits per heavy atom. The summed E-state index contributed by atoms with van der Waals surface area (Å²) < 4.78 is 1.73. The fourth-order valence-corrected chi connectivity index (χ4v) is 2.43. The van der Waals surface area contributed by atoms with E-state index in [0.29, 0.717) is 10.8 Å². The molecule has 0 saturated heterocycles. The number of nitrogens with one attached hydrogen (secondary N) is 2. The highest BCUT2D eigenvalue weighted by Gasteiger charge is 2.13. The number of hydrogen-bond acceptors (Lipinski definition) is 5. The highest BCUT2D eigenvalue weighted by molar-refractivity contribution is 7.80. The second kappa shape index (κ2) is 8.19. The molecule has 0 spiro atoms. The third kappa shape index (κ3) is 4.33. The molecular formula is C18H16N6O2S. The lowest BCUT2D eigenvalue weighted by Crippen LogP contribution is -2.28. The monoisotopic (exact) mass is 380 g/mol. The van der Waals surface area contributed by atoms with E-state index < -0.39 is 4.92 Å². The van der Waals surface area contributed by atoms with Crippen molar-refractivity contribution >= 4 is 29.2 Å². The van der Waals surface area contributed by atoms with Gasteiger partial charge in [-0.3, -0.25) is 15.5 Å². The number of nitrogens with zero attached hydrogens (tertiary/aromatic N) is 4. The number of benzene rings is 2. The Hall–Kier alpha value is -3.59. The van der Waals surface area contributed by atoms with E-state index in [1.54, 1.807) is 30.1 Å². The SMILES string of the molecule is CNC(=S)N/N=C/c1cn(-c2ccccc2)nc1-c1ccc([N+](=O)[O-])cc1. The first-order valence-corrected chi connectivity index (χ1v) is 8.40. The minimum absolute atomic E-state index is 0.0255. The van der Waals surface area contributed by atoms with E-state index in [0.717, 1.165) is 16.8 Å². The van der Waals surface area contributed by atoms with Crippen LogP contribution < -0.4 is 10.7 Å². The van der Waals surface area contributed by atoms with Crippen LogP contribution >= 0.6 is 12.2 Å². The maximum atomic E-state index is 10.9. The molecule has 0 unspecified atom stereocenters. The van der Waals surface area contributed by atoms with Gasteiger partial charge in [0.2, 0.25) is 0 Å². The number of hydrazone groups is 1. The largest absolute Gasteiger partial charge is 0.364 e. The number of nitro benzene ring substituents is 1. The molecule has 0 aliphatic heterocycles. The first-order valence-electron chi connectivity index (χ1n) is 7.99. The van der Waals surface area contributed by atoms with E-state index >= 15 is 0 Å². The van der Waals surface area contributed by atoms with E-state index in [2.05, 4.69) is 20.9 Å². The Morgan fingerprint density at radius 1 is 1.22 bits per heavy atom. The summed E-state index contributed by atoms with van der Waals surface area (Å²) in [5.41, 5.74) is 5.74. The van der Waals surface area contributed by atoms with Gasteiger partial charge in [-0.25, -0.2) is 4.68 Å². The Balaban J connectivity index is 2.00. The van der Waals surface area contributed by atoms with Crippen LogP contribution in [0.1, 0.15) is 5.56 Å². The van der Waals surface area contributed by atoms with Gasteiger partial charge in [0.15, 0.2) is 5.11 Å². The van der Waals surface area contributed by atoms with E-state index in [1.807, 2.05) is 36.5 Å². The zero-order valence-electron chi connectivity index (χ0n) is 14.4. The predicted octanol–water partition coefficient (Wildman–Crippen LogP) is 2.88. The minimum atomic E-state index is -0.433. The second-order valence-electron chi connectivity index (χ2n) is 5.47. The smallest absolute Gasteiger partial charge is 0.269 e. The third-order valence-electron chi connectivity index (χ3n) is 3.71. The highest BCUT2D eigenvalue weighted by atomic mass is 32.1. The average molecular weight is 380 g/mol. The van der Waals surface area contributed by atoms with E-state index in [-0.39, 0.29) is 5.69 Å². The van der Waals surface area contributed by atoms with Gasteiger partial charge >= 0.3 is 0 Å². The van der Waals surface area contributed by atoms with Crippen LogP contribution in [0.15, 0.2) is 65.9 Å². The molecule has 2 N–H and O–H groups in total. The maximum Gasteiger partial charge on any atom is 0.269 e. The van der Waals surface area contributed by atoms with E-state index in [4.69, 9.17) is 12.2 Å². The molecule has 1 aromatic heterocycles. The number of aromatic nitrogens is 2. The van der Waals surface area contributed by atoms with Crippen LogP contribution in [0.25, 0.3) is 16.9 Å². The summed E-state index contributed by atoms with van der Waals surface area (Å²) >= 11 is 5.00. The van der Waals surface area contributed by atoms with Crippen LogP contribution in [-0.2, 0) is 0 Å². The summed E-state index contributed by atoms with van der Waals surface area (Å²) in [5, 5.41) is 22.8. The molecule has 0 bridgehead atoms. The van der Waals surface area contributed by atoms with E-state index in [9.17, 15) is 10.1 Å². The van der Waals surface area contributed by atoms with Crippen molar-refractivity contribution in [1.82, 2.24) is 20.5 Å². The molecule has 3 aromatic rings. The Bertz CT molecular complexity index is 983. The standard InChI is InChI=1S/C18H16N6O2S/c1-19-18(27)21-20-11-14-12-23(15-5-3-2-4-6-15)22-17(14)13-7-9-16(10-8-13)24(25)26/h2-12H,1H3,(H2,19,21,27)/b20-11+. The lowest BCUT2D eigenvalue weighted by atomic mass is 10.1. The number of rotatable bonds is 5. The summed E-state index contributed by atoms with van der Waals surface area (Å²) in [6.07, 6.45) is 3.44. The van der Waals surface area contributed by atoms with Crippen molar-refractivity contribution in [1.29, 1.82) is 0 Å². The second-order valence-corrected chi connectivity index (χ2v) is 5.87. The highest BCUT2D eigenvalue weighted by Crippen LogP contribution is 2.25. The number of thiocarbonyl (C=S) groups is 1. The topological polar surface area (TPSA) is 97.4 Å². The molecule has 1 heterocycles. The lowest BCUT2D eigenvalue weighted by molar-refractivity contribution is -0.384. The number of para-hydroxylation sites is 1. The molecular weight excluding hydrogens is 364 g/mol. The van der Waals surface area contributed by atoms with Gasteiger partial charge in [-0.1, -0.05) is 18.2 Å². The number of nitro groups is 1. The van der Waals surface area contributed by atoms with Gasteiger partial charge in [0.1, 0.15) is 5.69 Å². The van der Waals surface area contributed by atoms with Crippen LogP contribution in [0.4, 0.5) is 5.69 Å². The van der Waals surface area contributed by atoms with Crippen LogP contribution in [-0.4, -0.2) is 33.1 Å². The Labute approximate surface area is 160 Å². The summed E-state index contributed by atoms with van der Waals surface area (Å²) in [7, 11) is 1.70. The molecule has 136 valence electrons. The number of non-ortho nitro benzene ring substituents is 1. The Kier molecular flexibility index (Phi) is 5.53. The molecule has 0 saturated carbocycles. The van der Waals surface area contributed by atoms with Crippen molar-refractivity contribution in [3.8, 4) is 16.9 Å². The van der Waals surface area contributed by atoms with Crippen molar-refractivity contribution in [2.75, 3.05) is 7.05 Å². The van der Waals surface area contributed by atoms with Gasteiger partial charge in [-0.05, 0) is 36.5 Å². The zero-order chi connectivity index (χ0) is 19.2. The molecule has 27 heavy (non-hydrogen) atoms. The lowest BCUT2D eigenvalue weighted by Gasteiger charge is -2.01. The van der Waals surface area contributed by atoms with E-state index in [1.165, 1.54) is 12.1 Å². The van der Waals surface area contributed by atoms with Crippen molar-refractivity contribution in [3.05, 3.63) is 76.5 Å². The van der Waals surface area contributed by atoms with Crippen LogP contribution in [0, 0.1) is 10.1 Å². The molecule has 0 fully saturated rings.